The summed E-state index contributed by atoms with van der Waals surface area (Å²) < 4.78 is 10.4. The average Bonchev–Trinajstić information content (AvgIpc) is 2.37. The van der Waals surface area contributed by atoms with Gasteiger partial charge >= 0.3 is 0 Å². The summed E-state index contributed by atoms with van der Waals surface area (Å²) in [4.78, 5) is 21.6. The van der Waals surface area contributed by atoms with Crippen molar-refractivity contribution in [3.05, 3.63) is 32.8 Å². The van der Waals surface area contributed by atoms with E-state index < -0.39 is 10.8 Å². The van der Waals surface area contributed by atoms with Gasteiger partial charge < -0.3 is 14.8 Å². The third kappa shape index (κ3) is 5.33. The molecule has 0 spiro atoms. The van der Waals surface area contributed by atoms with Crippen LogP contribution in [0.3, 0.4) is 0 Å². The van der Waals surface area contributed by atoms with Crippen molar-refractivity contribution in [2.75, 3.05) is 32.2 Å². The molecule has 0 unspecified atom stereocenters. The minimum absolute atomic E-state index is 0.0983. The Morgan fingerprint density at radius 2 is 2.21 bits per heavy atom. The van der Waals surface area contributed by atoms with Gasteiger partial charge in [-0.1, -0.05) is 0 Å². The van der Waals surface area contributed by atoms with E-state index in [0.29, 0.717) is 23.4 Å². The van der Waals surface area contributed by atoms with E-state index >= 15 is 0 Å². The number of nitro benzene ring substituents is 1. The molecule has 0 fully saturated rings. The second-order valence-electron chi connectivity index (χ2n) is 3.51. The second-order valence-corrected chi connectivity index (χ2v) is 4.37. The first kappa shape index (κ1) is 15.5. The van der Waals surface area contributed by atoms with Gasteiger partial charge in [0.25, 0.3) is 5.69 Å². The molecule has 1 aromatic rings. The van der Waals surface area contributed by atoms with Crippen LogP contribution < -0.4 is 5.32 Å². The van der Waals surface area contributed by atoms with E-state index in [0.717, 1.165) is 0 Å². The molecule has 0 heterocycles. The van der Waals surface area contributed by atoms with E-state index in [1.807, 2.05) is 0 Å². The van der Waals surface area contributed by atoms with Gasteiger partial charge in [0.05, 0.1) is 23.8 Å². The molecule has 1 N–H and O–H groups in total. The number of anilines is 1. The van der Waals surface area contributed by atoms with Gasteiger partial charge in [0, 0.05) is 23.7 Å². The quantitative estimate of drug-likeness (QED) is 0.468. The van der Waals surface area contributed by atoms with Gasteiger partial charge in [0.15, 0.2) is 0 Å². The van der Waals surface area contributed by atoms with Crippen molar-refractivity contribution >= 4 is 33.2 Å². The zero-order chi connectivity index (χ0) is 14.3. The maximum absolute atomic E-state index is 11.5. The van der Waals surface area contributed by atoms with Crippen molar-refractivity contribution in [2.24, 2.45) is 0 Å². The van der Waals surface area contributed by atoms with Crippen molar-refractivity contribution in [1.82, 2.24) is 0 Å². The number of ether oxygens (including phenoxy) is 2. The molecule has 0 aliphatic rings. The first-order valence-corrected chi connectivity index (χ1v) is 6.14. The zero-order valence-corrected chi connectivity index (χ0v) is 11.8. The molecular formula is C11H13BrN2O5. The van der Waals surface area contributed by atoms with Crippen molar-refractivity contribution < 1.29 is 19.2 Å². The van der Waals surface area contributed by atoms with Crippen LogP contribution in [0.4, 0.5) is 11.4 Å². The number of hydrogen-bond donors (Lipinski definition) is 1. The lowest BCUT2D eigenvalue weighted by Gasteiger charge is -2.07. The summed E-state index contributed by atoms with van der Waals surface area (Å²) in [5.41, 5.74) is 0.230. The first-order chi connectivity index (χ1) is 9.04. The van der Waals surface area contributed by atoms with Gasteiger partial charge in [-0.15, -0.1) is 0 Å². The monoisotopic (exact) mass is 332 g/mol. The summed E-state index contributed by atoms with van der Waals surface area (Å²) in [5.74, 6) is -0.391. The number of nitrogens with zero attached hydrogens (tertiary/aromatic N) is 1. The first-order valence-electron chi connectivity index (χ1n) is 5.35. The summed E-state index contributed by atoms with van der Waals surface area (Å²) in [7, 11) is 1.53. The van der Waals surface area contributed by atoms with Gasteiger partial charge in [0.2, 0.25) is 5.91 Å². The van der Waals surface area contributed by atoms with E-state index in [-0.39, 0.29) is 12.3 Å². The van der Waals surface area contributed by atoms with Crippen LogP contribution in [0.5, 0.6) is 0 Å². The smallest absolute Gasteiger partial charge is 0.271 e. The van der Waals surface area contributed by atoms with Crippen molar-refractivity contribution in [3.8, 4) is 0 Å². The Morgan fingerprint density at radius 3 is 2.84 bits per heavy atom. The lowest BCUT2D eigenvalue weighted by molar-refractivity contribution is -0.384. The lowest BCUT2D eigenvalue weighted by Crippen LogP contribution is -2.19. The fourth-order valence-corrected chi connectivity index (χ4v) is 1.56. The minimum Gasteiger partial charge on any atom is -0.382 e. The number of non-ortho nitro benzene ring substituents is 1. The summed E-state index contributed by atoms with van der Waals surface area (Å²) >= 11 is 3.20. The molecule has 0 aliphatic carbocycles. The topological polar surface area (TPSA) is 90.7 Å². The highest BCUT2D eigenvalue weighted by molar-refractivity contribution is 9.10. The van der Waals surface area contributed by atoms with E-state index in [4.69, 9.17) is 9.47 Å². The molecule has 0 atom stereocenters. The number of methoxy groups -OCH3 is 1. The van der Waals surface area contributed by atoms with Crippen LogP contribution in [0.1, 0.15) is 0 Å². The Kier molecular flexibility index (Phi) is 6.40. The van der Waals surface area contributed by atoms with E-state index in [1.165, 1.54) is 25.3 Å². The normalized spacial score (nSPS) is 10.2. The van der Waals surface area contributed by atoms with Crippen molar-refractivity contribution in [2.45, 2.75) is 0 Å². The molecule has 0 aromatic heterocycles. The van der Waals surface area contributed by atoms with Crippen LogP contribution in [0, 0.1) is 10.1 Å². The number of hydrogen-bond acceptors (Lipinski definition) is 5. The Balaban J connectivity index is 2.58. The highest BCUT2D eigenvalue weighted by Gasteiger charge is 2.11. The molecule has 1 aromatic carbocycles. The lowest BCUT2D eigenvalue weighted by atomic mass is 10.3. The summed E-state index contributed by atoms with van der Waals surface area (Å²) in [6, 6.07) is 4.12. The summed E-state index contributed by atoms with van der Waals surface area (Å²) in [6.07, 6.45) is 0. The van der Waals surface area contributed by atoms with Gasteiger partial charge in [0.1, 0.15) is 6.61 Å². The minimum atomic E-state index is -0.531. The van der Waals surface area contributed by atoms with Crippen LogP contribution >= 0.6 is 15.9 Å². The van der Waals surface area contributed by atoms with Crippen LogP contribution in [-0.2, 0) is 14.3 Å². The number of amides is 1. The molecule has 1 rings (SSSR count). The number of halogens is 1. The molecule has 0 aliphatic heterocycles. The molecule has 0 saturated heterocycles. The van der Waals surface area contributed by atoms with Crippen LogP contribution in [0.2, 0.25) is 0 Å². The van der Waals surface area contributed by atoms with E-state index in [1.54, 1.807) is 0 Å². The Labute approximate surface area is 118 Å². The number of carbonyl (C=O) groups is 1. The number of carbonyl (C=O) groups excluding carboxylic acids is 1. The highest BCUT2D eigenvalue weighted by Crippen LogP contribution is 2.26. The molecule has 19 heavy (non-hydrogen) atoms. The maximum Gasteiger partial charge on any atom is 0.271 e. The van der Waals surface area contributed by atoms with Crippen LogP contribution in [0.25, 0.3) is 0 Å². The third-order valence-electron chi connectivity index (χ3n) is 2.10. The number of nitrogens with one attached hydrogen (secondary N) is 1. The number of nitro groups is 1. The molecule has 0 saturated carbocycles. The van der Waals surface area contributed by atoms with Gasteiger partial charge in [-0.2, -0.15) is 0 Å². The number of rotatable bonds is 7. The second kappa shape index (κ2) is 7.82. The maximum atomic E-state index is 11.5. The molecule has 1 amide bonds. The van der Waals surface area contributed by atoms with Gasteiger partial charge in [-0.3, -0.25) is 14.9 Å². The van der Waals surface area contributed by atoms with Gasteiger partial charge in [-0.05, 0) is 22.0 Å². The fourth-order valence-electron chi connectivity index (χ4n) is 1.22. The standard InChI is InChI=1S/C11H13BrN2O5/c1-18-4-5-19-7-11(15)13-10-6-8(14(16)17)2-3-9(10)12/h2-3,6H,4-5,7H2,1H3,(H,13,15). The Bertz CT molecular complexity index is 466. The van der Waals surface area contributed by atoms with Gasteiger partial charge in [-0.25, -0.2) is 0 Å². The third-order valence-corrected chi connectivity index (χ3v) is 2.79. The summed E-state index contributed by atoms with van der Waals surface area (Å²) in [5, 5.41) is 13.2. The summed E-state index contributed by atoms with van der Waals surface area (Å²) in [6.45, 7) is 0.562. The zero-order valence-electron chi connectivity index (χ0n) is 10.2. The predicted molar refractivity (Wildman–Crippen MR) is 72.1 cm³/mol. The average molecular weight is 333 g/mol. The molecule has 104 valence electrons. The van der Waals surface area contributed by atoms with E-state index in [9.17, 15) is 14.9 Å². The highest BCUT2D eigenvalue weighted by atomic mass is 79.9. The molecular weight excluding hydrogens is 320 g/mol. The van der Waals surface area contributed by atoms with Crippen LogP contribution in [0.15, 0.2) is 22.7 Å². The fraction of sp³-hybridized carbons (Fsp3) is 0.364. The Hall–Kier alpha value is -1.51. The van der Waals surface area contributed by atoms with Crippen molar-refractivity contribution in [3.63, 3.8) is 0 Å². The molecule has 0 bridgehead atoms. The van der Waals surface area contributed by atoms with Crippen molar-refractivity contribution in [1.29, 1.82) is 0 Å². The van der Waals surface area contributed by atoms with Crippen LogP contribution in [-0.4, -0.2) is 37.8 Å². The Morgan fingerprint density at radius 1 is 1.47 bits per heavy atom. The molecule has 7 nitrogen and oxygen atoms in total. The predicted octanol–water partition coefficient (Wildman–Crippen LogP) is 1.96. The number of benzene rings is 1. The van der Waals surface area contributed by atoms with E-state index in [2.05, 4.69) is 21.2 Å². The molecule has 8 heteroatoms. The SMILES string of the molecule is COCCOCC(=O)Nc1cc([N+](=O)[O-])ccc1Br. The largest absolute Gasteiger partial charge is 0.382 e. The molecule has 0 radical (unpaired) electrons.